The second-order valence-corrected chi connectivity index (χ2v) is 3.17. The van der Waals surface area contributed by atoms with Gasteiger partial charge in [0.2, 0.25) is 0 Å². The Balaban J connectivity index is 2.46. The standard InChI is InChI=1S/C8H11N3O/c9-7-6(8(10)12)5(3-11-7)4-1-2-4/h3-4,11H,1-2,9H2,(H2,10,12). The number of rotatable bonds is 2. The van der Waals surface area contributed by atoms with Crippen LogP contribution in [0, 0.1) is 0 Å². The second kappa shape index (κ2) is 2.27. The second-order valence-electron chi connectivity index (χ2n) is 3.17. The first kappa shape index (κ1) is 7.21. The van der Waals surface area contributed by atoms with Crippen molar-refractivity contribution in [3.8, 4) is 0 Å². The summed E-state index contributed by atoms with van der Waals surface area (Å²) >= 11 is 0. The van der Waals surface area contributed by atoms with Crippen LogP contribution in [0.1, 0.15) is 34.7 Å². The summed E-state index contributed by atoms with van der Waals surface area (Å²) in [7, 11) is 0. The minimum atomic E-state index is -0.435. The summed E-state index contributed by atoms with van der Waals surface area (Å²) < 4.78 is 0. The number of primary amides is 1. The van der Waals surface area contributed by atoms with Gasteiger partial charge in [-0.2, -0.15) is 0 Å². The SMILES string of the molecule is NC(=O)c1c(C2CC2)c[nH]c1N. The summed E-state index contributed by atoms with van der Waals surface area (Å²) in [6.45, 7) is 0. The van der Waals surface area contributed by atoms with Gasteiger partial charge in [0.25, 0.3) is 5.91 Å². The van der Waals surface area contributed by atoms with Crippen molar-refractivity contribution in [3.05, 3.63) is 17.3 Å². The van der Waals surface area contributed by atoms with Crippen molar-refractivity contribution >= 4 is 11.7 Å². The highest BCUT2D eigenvalue weighted by Crippen LogP contribution is 2.42. The third-order valence-electron chi connectivity index (χ3n) is 2.20. The molecule has 1 fully saturated rings. The predicted octanol–water partition coefficient (Wildman–Crippen LogP) is 0.573. The lowest BCUT2D eigenvalue weighted by molar-refractivity contribution is 0.100. The van der Waals surface area contributed by atoms with Crippen LogP contribution in [0.25, 0.3) is 0 Å². The molecule has 1 aromatic rings. The maximum Gasteiger partial charge on any atom is 0.252 e. The summed E-state index contributed by atoms with van der Waals surface area (Å²) in [5, 5.41) is 0. The Morgan fingerprint density at radius 2 is 2.25 bits per heavy atom. The van der Waals surface area contributed by atoms with E-state index in [0.29, 0.717) is 17.3 Å². The van der Waals surface area contributed by atoms with Gasteiger partial charge in [-0.15, -0.1) is 0 Å². The molecule has 0 unspecified atom stereocenters. The van der Waals surface area contributed by atoms with E-state index in [-0.39, 0.29) is 0 Å². The molecule has 2 rings (SSSR count). The van der Waals surface area contributed by atoms with Crippen LogP contribution >= 0.6 is 0 Å². The predicted molar refractivity (Wildman–Crippen MR) is 45.7 cm³/mol. The van der Waals surface area contributed by atoms with Crippen LogP contribution in [-0.2, 0) is 0 Å². The Kier molecular flexibility index (Phi) is 1.36. The normalized spacial score (nSPS) is 16.3. The van der Waals surface area contributed by atoms with E-state index in [4.69, 9.17) is 11.5 Å². The van der Waals surface area contributed by atoms with Crippen molar-refractivity contribution in [2.75, 3.05) is 5.73 Å². The summed E-state index contributed by atoms with van der Waals surface area (Å²) in [6.07, 6.45) is 4.06. The molecule has 5 N–H and O–H groups in total. The Morgan fingerprint density at radius 1 is 1.58 bits per heavy atom. The number of H-pyrrole nitrogens is 1. The number of carbonyl (C=O) groups is 1. The summed E-state index contributed by atoms with van der Waals surface area (Å²) in [5.74, 6) is 0.459. The number of hydrogen-bond donors (Lipinski definition) is 3. The molecule has 1 amide bonds. The smallest absolute Gasteiger partial charge is 0.252 e. The van der Waals surface area contributed by atoms with E-state index in [1.54, 1.807) is 6.20 Å². The first-order chi connectivity index (χ1) is 5.70. The highest BCUT2D eigenvalue weighted by atomic mass is 16.1. The molecule has 4 heteroatoms. The van der Waals surface area contributed by atoms with Gasteiger partial charge in [0.05, 0.1) is 5.56 Å². The number of carbonyl (C=O) groups excluding carboxylic acids is 1. The van der Waals surface area contributed by atoms with Crippen molar-refractivity contribution in [3.63, 3.8) is 0 Å². The number of amides is 1. The Morgan fingerprint density at radius 3 is 2.75 bits per heavy atom. The van der Waals surface area contributed by atoms with Crippen LogP contribution in [0.2, 0.25) is 0 Å². The number of nitrogens with one attached hydrogen (secondary N) is 1. The van der Waals surface area contributed by atoms with E-state index in [0.717, 1.165) is 18.4 Å². The molecular weight excluding hydrogens is 154 g/mol. The third-order valence-corrected chi connectivity index (χ3v) is 2.20. The van der Waals surface area contributed by atoms with Gasteiger partial charge in [-0.25, -0.2) is 0 Å². The Hall–Kier alpha value is -1.45. The molecule has 4 nitrogen and oxygen atoms in total. The van der Waals surface area contributed by atoms with Crippen molar-refractivity contribution in [2.45, 2.75) is 18.8 Å². The van der Waals surface area contributed by atoms with Crippen molar-refractivity contribution in [1.29, 1.82) is 0 Å². The molecule has 0 bridgehead atoms. The molecule has 1 heterocycles. The Labute approximate surface area is 69.9 Å². The summed E-state index contributed by atoms with van der Waals surface area (Å²) in [4.78, 5) is 13.8. The van der Waals surface area contributed by atoms with Crippen LogP contribution < -0.4 is 11.5 Å². The van der Waals surface area contributed by atoms with Gasteiger partial charge < -0.3 is 16.5 Å². The van der Waals surface area contributed by atoms with Crippen molar-refractivity contribution < 1.29 is 4.79 Å². The lowest BCUT2D eigenvalue weighted by Crippen LogP contribution is -2.14. The fourth-order valence-corrected chi connectivity index (χ4v) is 1.45. The quantitative estimate of drug-likeness (QED) is 0.598. The zero-order valence-electron chi connectivity index (χ0n) is 6.63. The number of aromatic amines is 1. The molecular formula is C8H11N3O. The molecule has 1 aliphatic rings. The molecule has 0 atom stereocenters. The third kappa shape index (κ3) is 0.958. The molecule has 0 spiro atoms. The molecule has 0 aromatic carbocycles. The lowest BCUT2D eigenvalue weighted by atomic mass is 10.1. The van der Waals surface area contributed by atoms with E-state index in [1.807, 2.05) is 0 Å². The minimum absolute atomic E-state index is 0.393. The topological polar surface area (TPSA) is 84.9 Å². The van der Waals surface area contributed by atoms with Gasteiger partial charge in [0, 0.05) is 6.20 Å². The van der Waals surface area contributed by atoms with E-state index >= 15 is 0 Å². The average Bonchev–Trinajstić information content (AvgIpc) is 2.75. The lowest BCUT2D eigenvalue weighted by Gasteiger charge is -1.97. The number of aromatic nitrogens is 1. The monoisotopic (exact) mass is 165 g/mol. The number of hydrogen-bond acceptors (Lipinski definition) is 2. The molecule has 0 aliphatic heterocycles. The molecule has 64 valence electrons. The van der Waals surface area contributed by atoms with Crippen molar-refractivity contribution in [2.24, 2.45) is 5.73 Å². The van der Waals surface area contributed by atoms with Gasteiger partial charge in [-0.05, 0) is 24.3 Å². The van der Waals surface area contributed by atoms with Crippen LogP contribution in [0.15, 0.2) is 6.20 Å². The van der Waals surface area contributed by atoms with Gasteiger partial charge in [0.1, 0.15) is 5.82 Å². The van der Waals surface area contributed by atoms with E-state index in [2.05, 4.69) is 4.98 Å². The molecule has 1 saturated carbocycles. The van der Waals surface area contributed by atoms with Crippen LogP contribution in [-0.4, -0.2) is 10.9 Å². The molecule has 1 aliphatic carbocycles. The first-order valence-corrected chi connectivity index (χ1v) is 3.96. The number of nitrogens with two attached hydrogens (primary N) is 2. The molecule has 12 heavy (non-hydrogen) atoms. The minimum Gasteiger partial charge on any atom is -0.385 e. The van der Waals surface area contributed by atoms with Crippen LogP contribution in [0.5, 0.6) is 0 Å². The molecule has 1 aromatic heterocycles. The number of nitrogen functional groups attached to an aromatic ring is 1. The summed E-state index contributed by atoms with van der Waals surface area (Å²) in [5.41, 5.74) is 12.2. The average molecular weight is 165 g/mol. The van der Waals surface area contributed by atoms with Crippen LogP contribution in [0.3, 0.4) is 0 Å². The Bertz CT molecular complexity index is 325. The highest BCUT2D eigenvalue weighted by Gasteiger charge is 2.29. The van der Waals surface area contributed by atoms with E-state index in [9.17, 15) is 4.79 Å². The fraction of sp³-hybridized carbons (Fsp3) is 0.375. The van der Waals surface area contributed by atoms with Gasteiger partial charge in [0.15, 0.2) is 0 Å². The van der Waals surface area contributed by atoms with Crippen molar-refractivity contribution in [1.82, 2.24) is 4.98 Å². The fourth-order valence-electron chi connectivity index (χ4n) is 1.45. The van der Waals surface area contributed by atoms with Crippen LogP contribution in [0.4, 0.5) is 5.82 Å². The van der Waals surface area contributed by atoms with Gasteiger partial charge in [-0.3, -0.25) is 4.79 Å². The largest absolute Gasteiger partial charge is 0.385 e. The summed E-state index contributed by atoms with van der Waals surface area (Å²) in [6, 6.07) is 0. The zero-order chi connectivity index (χ0) is 8.72. The molecule has 0 saturated heterocycles. The van der Waals surface area contributed by atoms with E-state index < -0.39 is 5.91 Å². The molecule has 0 radical (unpaired) electrons. The highest BCUT2D eigenvalue weighted by molar-refractivity contribution is 5.99. The number of anilines is 1. The van der Waals surface area contributed by atoms with E-state index in [1.165, 1.54) is 0 Å². The maximum atomic E-state index is 11.0. The van der Waals surface area contributed by atoms with Gasteiger partial charge in [-0.1, -0.05) is 0 Å². The zero-order valence-corrected chi connectivity index (χ0v) is 6.63. The van der Waals surface area contributed by atoms with Gasteiger partial charge >= 0.3 is 0 Å². The maximum absolute atomic E-state index is 11.0. The first-order valence-electron chi connectivity index (χ1n) is 3.96.